The third-order valence-electron chi connectivity index (χ3n) is 4.26. The lowest BCUT2D eigenvalue weighted by atomic mass is 10.3. The monoisotopic (exact) mass is 428 g/mol. The number of sulfonamides is 1. The van der Waals surface area contributed by atoms with Crippen molar-refractivity contribution in [3.63, 3.8) is 0 Å². The summed E-state index contributed by atoms with van der Waals surface area (Å²) >= 11 is 0. The molecule has 0 heterocycles. The minimum Gasteiger partial charge on any atom is -0.484 e. The van der Waals surface area contributed by atoms with Crippen molar-refractivity contribution in [2.75, 3.05) is 22.8 Å². The molecule has 3 aromatic rings. The van der Waals surface area contributed by atoms with E-state index in [1.54, 1.807) is 67.6 Å². The second kappa shape index (κ2) is 9.41. The second-order valence-corrected chi connectivity index (χ2v) is 8.16. The van der Waals surface area contributed by atoms with E-state index in [9.17, 15) is 17.6 Å². The normalized spacial score (nSPS) is 11.0. The van der Waals surface area contributed by atoms with Crippen LogP contribution < -0.4 is 14.4 Å². The first-order valence-electron chi connectivity index (χ1n) is 9.27. The van der Waals surface area contributed by atoms with Crippen LogP contribution in [0.25, 0.3) is 0 Å². The molecule has 6 nitrogen and oxygen atoms in total. The Balaban J connectivity index is 1.65. The summed E-state index contributed by atoms with van der Waals surface area (Å²) in [5.74, 6) is -0.656. The SMILES string of the molecule is CCN(c1ccc(OCC(=O)Nc2ccccc2F)cc1)S(=O)(=O)c1ccccc1. The second-order valence-electron chi connectivity index (χ2n) is 6.29. The van der Waals surface area contributed by atoms with E-state index in [0.717, 1.165) is 0 Å². The number of nitrogens with zero attached hydrogens (tertiary/aromatic N) is 1. The Kier molecular flexibility index (Phi) is 6.68. The number of halogens is 1. The predicted molar refractivity (Wildman–Crippen MR) is 114 cm³/mol. The highest BCUT2D eigenvalue weighted by molar-refractivity contribution is 7.92. The largest absolute Gasteiger partial charge is 0.484 e. The first-order valence-corrected chi connectivity index (χ1v) is 10.7. The number of carbonyl (C=O) groups excluding carboxylic acids is 1. The molecular weight excluding hydrogens is 407 g/mol. The van der Waals surface area contributed by atoms with E-state index >= 15 is 0 Å². The van der Waals surface area contributed by atoms with Gasteiger partial charge in [0.25, 0.3) is 15.9 Å². The van der Waals surface area contributed by atoms with Gasteiger partial charge in [0.15, 0.2) is 6.61 Å². The third kappa shape index (κ3) is 4.96. The summed E-state index contributed by atoms with van der Waals surface area (Å²) in [6.45, 7) is 1.69. The van der Waals surface area contributed by atoms with Crippen molar-refractivity contribution < 1.29 is 22.3 Å². The van der Waals surface area contributed by atoms with Gasteiger partial charge in [0, 0.05) is 6.54 Å². The molecule has 0 aromatic heterocycles. The highest BCUT2D eigenvalue weighted by Gasteiger charge is 2.23. The lowest BCUT2D eigenvalue weighted by Gasteiger charge is -2.23. The first kappa shape index (κ1) is 21.3. The number of hydrogen-bond donors (Lipinski definition) is 1. The molecule has 0 aliphatic rings. The number of amides is 1. The molecule has 0 radical (unpaired) electrons. The fourth-order valence-corrected chi connectivity index (χ4v) is 4.31. The van der Waals surface area contributed by atoms with Crippen LogP contribution in [0.1, 0.15) is 6.92 Å². The quantitative estimate of drug-likeness (QED) is 0.587. The number of ether oxygens (including phenoxy) is 1. The highest BCUT2D eigenvalue weighted by Crippen LogP contribution is 2.25. The lowest BCUT2D eigenvalue weighted by Crippen LogP contribution is -2.30. The van der Waals surface area contributed by atoms with Gasteiger partial charge < -0.3 is 10.1 Å². The number of nitrogens with one attached hydrogen (secondary N) is 1. The Labute approximate surface area is 175 Å². The summed E-state index contributed by atoms with van der Waals surface area (Å²) in [6.07, 6.45) is 0. The van der Waals surface area contributed by atoms with Crippen LogP contribution in [0.3, 0.4) is 0 Å². The van der Waals surface area contributed by atoms with Crippen LogP contribution in [-0.4, -0.2) is 27.5 Å². The van der Waals surface area contributed by atoms with Gasteiger partial charge in [-0.3, -0.25) is 9.10 Å². The summed E-state index contributed by atoms with van der Waals surface area (Å²) in [5, 5.41) is 2.43. The molecule has 1 amide bonds. The van der Waals surface area contributed by atoms with Gasteiger partial charge in [-0.05, 0) is 55.5 Å². The highest BCUT2D eigenvalue weighted by atomic mass is 32.2. The zero-order valence-electron chi connectivity index (χ0n) is 16.3. The predicted octanol–water partition coefficient (Wildman–Crippen LogP) is 4.06. The minimum atomic E-state index is -3.69. The molecule has 156 valence electrons. The standard InChI is InChI=1S/C22H21FN2O4S/c1-2-25(30(27,28)19-8-4-3-5-9-19)17-12-14-18(15-13-17)29-16-22(26)24-21-11-7-6-10-20(21)23/h3-15H,2,16H2,1H3,(H,24,26). The molecule has 3 rings (SSSR count). The van der Waals surface area contributed by atoms with Crippen LogP contribution in [0, 0.1) is 5.82 Å². The van der Waals surface area contributed by atoms with Crippen LogP contribution in [0.4, 0.5) is 15.8 Å². The zero-order chi connectivity index (χ0) is 21.6. The van der Waals surface area contributed by atoms with Crippen molar-refractivity contribution in [3.8, 4) is 5.75 Å². The van der Waals surface area contributed by atoms with Crippen molar-refractivity contribution in [1.29, 1.82) is 0 Å². The molecule has 30 heavy (non-hydrogen) atoms. The molecule has 0 aliphatic carbocycles. The zero-order valence-corrected chi connectivity index (χ0v) is 17.1. The number of para-hydroxylation sites is 1. The van der Waals surface area contributed by atoms with Crippen LogP contribution >= 0.6 is 0 Å². The molecule has 0 atom stereocenters. The fraction of sp³-hybridized carbons (Fsp3) is 0.136. The Bertz CT molecular complexity index is 1100. The number of rotatable bonds is 8. The van der Waals surface area contributed by atoms with Gasteiger partial charge in [0.2, 0.25) is 0 Å². The summed E-state index contributed by atoms with van der Waals surface area (Å²) in [7, 11) is -3.69. The minimum absolute atomic E-state index is 0.0751. The van der Waals surface area contributed by atoms with Crippen molar-refractivity contribution in [1.82, 2.24) is 0 Å². The number of hydrogen-bond acceptors (Lipinski definition) is 4. The van der Waals surface area contributed by atoms with Crippen molar-refractivity contribution in [3.05, 3.63) is 84.7 Å². The van der Waals surface area contributed by atoms with E-state index in [1.165, 1.54) is 22.5 Å². The Morgan fingerprint density at radius 1 is 0.967 bits per heavy atom. The smallest absolute Gasteiger partial charge is 0.264 e. The maximum Gasteiger partial charge on any atom is 0.264 e. The summed E-state index contributed by atoms with van der Waals surface area (Å²) in [4.78, 5) is 12.2. The van der Waals surface area contributed by atoms with Crippen molar-refractivity contribution in [2.24, 2.45) is 0 Å². The Hall–Kier alpha value is -3.39. The van der Waals surface area contributed by atoms with Crippen molar-refractivity contribution >= 4 is 27.3 Å². The van der Waals surface area contributed by atoms with Gasteiger partial charge in [-0.25, -0.2) is 12.8 Å². The molecule has 0 saturated heterocycles. The van der Waals surface area contributed by atoms with Gasteiger partial charge in [-0.1, -0.05) is 30.3 Å². The molecule has 0 bridgehead atoms. The van der Waals surface area contributed by atoms with Gasteiger partial charge in [0.1, 0.15) is 11.6 Å². The van der Waals surface area contributed by atoms with E-state index in [0.29, 0.717) is 11.4 Å². The molecule has 1 N–H and O–H groups in total. The lowest BCUT2D eigenvalue weighted by molar-refractivity contribution is -0.118. The number of anilines is 2. The average molecular weight is 428 g/mol. The summed E-state index contributed by atoms with van der Waals surface area (Å²) in [5.41, 5.74) is 0.552. The Morgan fingerprint density at radius 3 is 2.23 bits per heavy atom. The topological polar surface area (TPSA) is 75.7 Å². The van der Waals surface area contributed by atoms with E-state index in [1.807, 2.05) is 0 Å². The molecule has 8 heteroatoms. The molecule has 0 saturated carbocycles. The first-order chi connectivity index (χ1) is 14.4. The van der Waals surface area contributed by atoms with E-state index in [4.69, 9.17) is 4.74 Å². The Morgan fingerprint density at radius 2 is 1.60 bits per heavy atom. The maximum atomic E-state index is 13.6. The van der Waals surface area contributed by atoms with Crippen LogP contribution in [0.5, 0.6) is 5.75 Å². The molecule has 0 aliphatic heterocycles. The van der Waals surface area contributed by atoms with E-state index < -0.39 is 21.7 Å². The van der Waals surface area contributed by atoms with Gasteiger partial charge in [0.05, 0.1) is 16.3 Å². The molecule has 0 unspecified atom stereocenters. The maximum absolute atomic E-state index is 13.6. The summed E-state index contributed by atoms with van der Waals surface area (Å²) < 4.78 is 46.0. The molecule has 0 fully saturated rings. The number of benzene rings is 3. The van der Waals surface area contributed by atoms with E-state index in [-0.39, 0.29) is 23.7 Å². The molecular formula is C22H21FN2O4S. The van der Waals surface area contributed by atoms with Gasteiger partial charge in [-0.2, -0.15) is 0 Å². The molecule has 0 spiro atoms. The third-order valence-corrected chi connectivity index (χ3v) is 6.18. The molecule has 3 aromatic carbocycles. The fourth-order valence-electron chi connectivity index (χ4n) is 2.82. The van der Waals surface area contributed by atoms with Gasteiger partial charge in [-0.15, -0.1) is 0 Å². The van der Waals surface area contributed by atoms with Crippen LogP contribution in [0.15, 0.2) is 83.8 Å². The van der Waals surface area contributed by atoms with Crippen LogP contribution in [-0.2, 0) is 14.8 Å². The summed E-state index contributed by atoms with van der Waals surface area (Å²) in [6, 6.07) is 20.4. The van der Waals surface area contributed by atoms with Crippen molar-refractivity contribution in [2.45, 2.75) is 11.8 Å². The number of carbonyl (C=O) groups is 1. The van der Waals surface area contributed by atoms with Crippen LogP contribution in [0.2, 0.25) is 0 Å². The average Bonchev–Trinajstić information content (AvgIpc) is 2.76. The van der Waals surface area contributed by atoms with Gasteiger partial charge >= 0.3 is 0 Å². The van der Waals surface area contributed by atoms with E-state index in [2.05, 4.69) is 5.32 Å².